The van der Waals surface area contributed by atoms with Crippen molar-refractivity contribution < 1.29 is 4.79 Å². The fourth-order valence-electron chi connectivity index (χ4n) is 2.91. The summed E-state index contributed by atoms with van der Waals surface area (Å²) in [6, 6.07) is 11.7. The van der Waals surface area contributed by atoms with Gasteiger partial charge in [0.05, 0.1) is 10.6 Å². The first-order valence-electron chi connectivity index (χ1n) is 8.13. The summed E-state index contributed by atoms with van der Waals surface area (Å²) in [6.07, 6.45) is 1.99. The van der Waals surface area contributed by atoms with Crippen LogP contribution >= 0.6 is 35.0 Å². The van der Waals surface area contributed by atoms with Gasteiger partial charge in [0.25, 0.3) is 5.91 Å². The largest absolute Gasteiger partial charge is 0.368 e. The molecule has 1 aliphatic rings. The number of carbonyl (C=O) groups is 1. The van der Waals surface area contributed by atoms with Crippen LogP contribution in [0.2, 0.25) is 10.0 Å². The first-order valence-corrected chi connectivity index (χ1v) is 10.1. The van der Waals surface area contributed by atoms with Gasteiger partial charge in [0.15, 0.2) is 0 Å². The zero-order valence-corrected chi connectivity index (χ0v) is 16.6. The second kappa shape index (κ2) is 7.90. The van der Waals surface area contributed by atoms with Gasteiger partial charge in [-0.2, -0.15) is 0 Å². The Labute approximate surface area is 162 Å². The molecule has 2 aromatic carbocycles. The lowest BCUT2D eigenvalue weighted by molar-refractivity contribution is 0.0746. The SMILES string of the molecule is CSc1ccc(Cl)c(C(=O)N2CCN(c3ccc(C)c(Cl)c3)CC2)c1. The highest BCUT2D eigenvalue weighted by Crippen LogP contribution is 2.26. The number of anilines is 1. The zero-order valence-electron chi connectivity index (χ0n) is 14.3. The number of carbonyl (C=O) groups excluding carboxylic acids is 1. The monoisotopic (exact) mass is 394 g/mol. The van der Waals surface area contributed by atoms with E-state index in [4.69, 9.17) is 23.2 Å². The molecule has 0 bridgehead atoms. The van der Waals surface area contributed by atoms with Crippen LogP contribution in [0.1, 0.15) is 15.9 Å². The Morgan fingerprint density at radius 2 is 1.72 bits per heavy atom. The zero-order chi connectivity index (χ0) is 18.0. The van der Waals surface area contributed by atoms with Crippen molar-refractivity contribution in [1.29, 1.82) is 0 Å². The van der Waals surface area contributed by atoms with Crippen molar-refractivity contribution in [3.05, 3.63) is 57.6 Å². The van der Waals surface area contributed by atoms with Crippen LogP contribution in [-0.4, -0.2) is 43.2 Å². The summed E-state index contributed by atoms with van der Waals surface area (Å²) in [5.41, 5.74) is 2.76. The molecule has 0 radical (unpaired) electrons. The molecule has 0 aliphatic carbocycles. The molecule has 25 heavy (non-hydrogen) atoms. The van der Waals surface area contributed by atoms with Crippen molar-refractivity contribution in [1.82, 2.24) is 4.90 Å². The van der Waals surface area contributed by atoms with Crippen molar-refractivity contribution in [3.63, 3.8) is 0 Å². The molecule has 6 heteroatoms. The van der Waals surface area contributed by atoms with Gasteiger partial charge in [-0.3, -0.25) is 4.79 Å². The normalized spacial score (nSPS) is 14.7. The summed E-state index contributed by atoms with van der Waals surface area (Å²) in [4.78, 5) is 18.0. The van der Waals surface area contributed by atoms with Crippen molar-refractivity contribution in [3.8, 4) is 0 Å². The van der Waals surface area contributed by atoms with Crippen molar-refractivity contribution in [2.45, 2.75) is 11.8 Å². The molecule has 0 N–H and O–H groups in total. The van der Waals surface area contributed by atoms with Gasteiger partial charge < -0.3 is 9.80 Å². The average Bonchev–Trinajstić information content (AvgIpc) is 2.64. The molecule has 1 amide bonds. The highest BCUT2D eigenvalue weighted by molar-refractivity contribution is 7.98. The third kappa shape index (κ3) is 4.08. The minimum atomic E-state index is 0.00230. The summed E-state index contributed by atoms with van der Waals surface area (Å²) in [7, 11) is 0. The molecule has 0 saturated carbocycles. The lowest BCUT2D eigenvalue weighted by Crippen LogP contribution is -2.48. The van der Waals surface area contributed by atoms with E-state index in [0.717, 1.165) is 34.3 Å². The van der Waals surface area contributed by atoms with Gasteiger partial charge in [0, 0.05) is 41.8 Å². The van der Waals surface area contributed by atoms with Gasteiger partial charge >= 0.3 is 0 Å². The van der Waals surface area contributed by atoms with Crippen LogP contribution in [0.5, 0.6) is 0 Å². The third-order valence-corrected chi connectivity index (χ3v) is 5.95. The van der Waals surface area contributed by atoms with Gasteiger partial charge in [-0.15, -0.1) is 11.8 Å². The number of rotatable bonds is 3. The van der Waals surface area contributed by atoms with Crippen LogP contribution in [-0.2, 0) is 0 Å². The minimum absolute atomic E-state index is 0.00230. The molecule has 0 atom stereocenters. The maximum atomic E-state index is 12.8. The predicted octanol–water partition coefficient (Wildman–Crippen LogP) is 4.99. The second-order valence-corrected chi connectivity index (χ2v) is 7.75. The van der Waals surface area contributed by atoms with E-state index in [-0.39, 0.29) is 5.91 Å². The van der Waals surface area contributed by atoms with Crippen molar-refractivity contribution in [2.75, 3.05) is 37.3 Å². The fraction of sp³-hybridized carbons (Fsp3) is 0.316. The molecule has 3 rings (SSSR count). The fourth-order valence-corrected chi connectivity index (χ4v) is 3.72. The van der Waals surface area contributed by atoms with Crippen LogP contribution < -0.4 is 4.90 Å². The second-order valence-electron chi connectivity index (χ2n) is 6.06. The Hall–Kier alpha value is -1.36. The van der Waals surface area contributed by atoms with E-state index in [2.05, 4.69) is 11.0 Å². The lowest BCUT2D eigenvalue weighted by Gasteiger charge is -2.36. The van der Waals surface area contributed by atoms with E-state index in [9.17, 15) is 4.79 Å². The minimum Gasteiger partial charge on any atom is -0.368 e. The molecular formula is C19H20Cl2N2OS. The number of hydrogen-bond donors (Lipinski definition) is 0. The summed E-state index contributed by atoms with van der Waals surface area (Å²) in [5.74, 6) is 0.00230. The predicted molar refractivity (Wildman–Crippen MR) is 108 cm³/mol. The molecule has 132 valence electrons. The smallest absolute Gasteiger partial charge is 0.255 e. The number of benzene rings is 2. The maximum Gasteiger partial charge on any atom is 0.255 e. The number of amides is 1. The molecule has 1 aliphatic heterocycles. The van der Waals surface area contributed by atoms with E-state index in [1.807, 2.05) is 42.3 Å². The van der Waals surface area contributed by atoms with Gasteiger partial charge in [-0.25, -0.2) is 0 Å². The van der Waals surface area contributed by atoms with Crippen LogP contribution in [0.4, 0.5) is 5.69 Å². The number of aryl methyl sites for hydroxylation is 1. The summed E-state index contributed by atoms with van der Waals surface area (Å²) < 4.78 is 0. The quantitative estimate of drug-likeness (QED) is 0.685. The molecule has 1 fully saturated rings. The molecule has 0 aromatic heterocycles. The average molecular weight is 395 g/mol. The molecule has 2 aromatic rings. The van der Waals surface area contributed by atoms with Crippen LogP contribution in [0.25, 0.3) is 0 Å². The number of halogens is 2. The molecule has 3 nitrogen and oxygen atoms in total. The first kappa shape index (κ1) is 18.4. The molecule has 1 saturated heterocycles. The Kier molecular flexibility index (Phi) is 5.82. The van der Waals surface area contributed by atoms with Gasteiger partial charge in [-0.05, 0) is 49.1 Å². The molecule has 0 unspecified atom stereocenters. The first-order chi connectivity index (χ1) is 12.0. The van der Waals surface area contributed by atoms with E-state index in [0.29, 0.717) is 23.7 Å². The standard InChI is InChI=1S/C19H20Cl2N2OS/c1-13-3-4-14(11-18(13)21)22-7-9-23(10-8-22)19(24)16-12-15(25-2)5-6-17(16)20/h3-6,11-12H,7-10H2,1-2H3. The Morgan fingerprint density at radius 1 is 1.00 bits per heavy atom. The Bertz CT molecular complexity index is 789. The maximum absolute atomic E-state index is 12.8. The van der Waals surface area contributed by atoms with Gasteiger partial charge in [0.1, 0.15) is 0 Å². The van der Waals surface area contributed by atoms with E-state index < -0.39 is 0 Å². The van der Waals surface area contributed by atoms with Gasteiger partial charge in [-0.1, -0.05) is 29.3 Å². The molecular weight excluding hydrogens is 375 g/mol. The van der Waals surface area contributed by atoms with Crippen molar-refractivity contribution in [2.24, 2.45) is 0 Å². The van der Waals surface area contributed by atoms with Crippen LogP contribution in [0, 0.1) is 6.92 Å². The highest BCUT2D eigenvalue weighted by atomic mass is 35.5. The lowest BCUT2D eigenvalue weighted by atomic mass is 10.1. The van der Waals surface area contributed by atoms with Gasteiger partial charge in [0.2, 0.25) is 0 Å². The molecule has 1 heterocycles. The number of hydrogen-bond acceptors (Lipinski definition) is 3. The van der Waals surface area contributed by atoms with E-state index in [1.165, 1.54) is 0 Å². The summed E-state index contributed by atoms with van der Waals surface area (Å²) in [5, 5.41) is 1.28. The Balaban J connectivity index is 1.69. The highest BCUT2D eigenvalue weighted by Gasteiger charge is 2.24. The van der Waals surface area contributed by atoms with E-state index in [1.54, 1.807) is 17.8 Å². The van der Waals surface area contributed by atoms with E-state index >= 15 is 0 Å². The summed E-state index contributed by atoms with van der Waals surface area (Å²) in [6.45, 7) is 4.90. The third-order valence-electron chi connectivity index (χ3n) is 4.49. The number of piperazine rings is 1. The molecule has 0 spiro atoms. The Morgan fingerprint density at radius 3 is 2.36 bits per heavy atom. The number of thioether (sulfide) groups is 1. The number of nitrogens with zero attached hydrogens (tertiary/aromatic N) is 2. The van der Waals surface area contributed by atoms with Crippen molar-refractivity contribution >= 4 is 46.6 Å². The van der Waals surface area contributed by atoms with Crippen LogP contribution in [0.15, 0.2) is 41.3 Å². The topological polar surface area (TPSA) is 23.6 Å². The summed E-state index contributed by atoms with van der Waals surface area (Å²) >= 11 is 14.1. The van der Waals surface area contributed by atoms with Crippen LogP contribution in [0.3, 0.4) is 0 Å².